The van der Waals surface area contributed by atoms with E-state index in [1.54, 1.807) is 5.56 Å². The maximum absolute atomic E-state index is 4.56. The molecule has 0 bridgehead atoms. The van der Waals surface area contributed by atoms with Crippen LogP contribution in [-0.2, 0) is 12.8 Å². The van der Waals surface area contributed by atoms with Crippen molar-refractivity contribution in [2.24, 2.45) is 0 Å². The van der Waals surface area contributed by atoms with Crippen molar-refractivity contribution in [3.05, 3.63) is 17.0 Å². The van der Waals surface area contributed by atoms with Gasteiger partial charge in [0.25, 0.3) is 0 Å². The number of nitrogens with one attached hydrogen (secondary N) is 1. The molecule has 2 nitrogen and oxygen atoms in total. The fraction of sp³-hybridized carbons (Fsp3) is 0.769. The molecule has 2 rings (SSSR count). The van der Waals surface area contributed by atoms with Crippen molar-refractivity contribution in [2.75, 3.05) is 0 Å². The van der Waals surface area contributed by atoms with Crippen LogP contribution in [0.2, 0.25) is 0 Å². The van der Waals surface area contributed by atoms with Crippen LogP contribution in [-0.4, -0.2) is 10.2 Å². The summed E-state index contributed by atoms with van der Waals surface area (Å²) in [6.45, 7) is 4.55. The van der Waals surface area contributed by atoms with Crippen molar-refractivity contribution in [1.29, 1.82) is 0 Å². The van der Waals surface area contributed by atoms with Crippen LogP contribution in [0.5, 0.6) is 0 Å². The predicted octanol–water partition coefficient (Wildman–Crippen LogP) is 3.58. The van der Waals surface area contributed by atoms with Crippen LogP contribution in [0.4, 0.5) is 0 Å². The van der Waals surface area contributed by atoms with Gasteiger partial charge in [0.15, 0.2) is 0 Å². The Hall–Kier alpha value is -0.790. The van der Waals surface area contributed by atoms with Crippen LogP contribution in [0.15, 0.2) is 0 Å². The Morgan fingerprint density at radius 1 is 1.27 bits per heavy atom. The summed E-state index contributed by atoms with van der Waals surface area (Å²) in [7, 11) is 0. The van der Waals surface area contributed by atoms with Crippen molar-refractivity contribution >= 4 is 0 Å². The molecule has 0 radical (unpaired) electrons. The van der Waals surface area contributed by atoms with Crippen LogP contribution in [0.3, 0.4) is 0 Å². The number of aryl methyl sites for hydroxylation is 1. The zero-order valence-electron chi connectivity index (χ0n) is 9.97. The molecule has 1 aliphatic rings. The lowest BCUT2D eigenvalue weighted by atomic mass is 9.88. The molecule has 2 heteroatoms. The van der Waals surface area contributed by atoms with E-state index < -0.39 is 0 Å². The quantitative estimate of drug-likeness (QED) is 0.801. The van der Waals surface area contributed by atoms with Gasteiger partial charge in [0.05, 0.1) is 5.69 Å². The number of rotatable bonds is 4. The molecule has 0 saturated heterocycles. The van der Waals surface area contributed by atoms with E-state index in [-0.39, 0.29) is 0 Å². The Morgan fingerprint density at radius 2 is 2.07 bits per heavy atom. The fourth-order valence-electron chi connectivity index (χ4n) is 2.73. The van der Waals surface area contributed by atoms with Gasteiger partial charge in [-0.05, 0) is 44.1 Å². The first-order valence-corrected chi connectivity index (χ1v) is 6.42. The van der Waals surface area contributed by atoms with Crippen LogP contribution in [0.25, 0.3) is 0 Å². The van der Waals surface area contributed by atoms with Gasteiger partial charge in [-0.2, -0.15) is 5.10 Å². The third kappa shape index (κ3) is 2.09. The van der Waals surface area contributed by atoms with E-state index in [9.17, 15) is 0 Å². The minimum atomic E-state index is 0.688. The summed E-state index contributed by atoms with van der Waals surface area (Å²) >= 11 is 0. The Morgan fingerprint density at radius 3 is 2.80 bits per heavy atom. The minimum Gasteiger partial charge on any atom is -0.282 e. The molecule has 1 unspecified atom stereocenters. The molecule has 0 amide bonds. The van der Waals surface area contributed by atoms with Crippen molar-refractivity contribution in [1.82, 2.24) is 10.2 Å². The standard InChI is InChI=1S/C13H22N2/c1-3-7-10(4-2)13-11-8-5-6-9-12(11)14-15-13/h10H,3-9H2,1-2H3,(H,14,15). The van der Waals surface area contributed by atoms with E-state index in [0.717, 1.165) is 0 Å². The molecule has 1 aromatic rings. The summed E-state index contributed by atoms with van der Waals surface area (Å²) in [5.41, 5.74) is 4.36. The summed E-state index contributed by atoms with van der Waals surface area (Å²) in [4.78, 5) is 0. The van der Waals surface area contributed by atoms with Crippen LogP contribution in [0.1, 0.15) is 68.8 Å². The van der Waals surface area contributed by atoms with Crippen LogP contribution in [0, 0.1) is 0 Å². The number of hydrogen-bond acceptors (Lipinski definition) is 1. The van der Waals surface area contributed by atoms with Crippen molar-refractivity contribution in [3.63, 3.8) is 0 Å². The van der Waals surface area contributed by atoms with Gasteiger partial charge in [-0.15, -0.1) is 0 Å². The number of hydrogen-bond donors (Lipinski definition) is 1. The Bertz CT molecular complexity index is 314. The normalized spacial score (nSPS) is 17.5. The zero-order valence-corrected chi connectivity index (χ0v) is 9.97. The largest absolute Gasteiger partial charge is 0.282 e. The number of aromatic nitrogens is 2. The molecule has 0 aliphatic heterocycles. The van der Waals surface area contributed by atoms with Gasteiger partial charge in [-0.1, -0.05) is 20.3 Å². The third-order valence-electron chi connectivity index (χ3n) is 3.60. The summed E-state index contributed by atoms with van der Waals surface area (Å²) in [5.74, 6) is 0.688. The first-order valence-electron chi connectivity index (χ1n) is 6.42. The molecule has 0 spiro atoms. The number of nitrogens with zero attached hydrogens (tertiary/aromatic N) is 1. The number of aromatic amines is 1. The molecule has 1 heterocycles. The third-order valence-corrected chi connectivity index (χ3v) is 3.60. The molecule has 1 aliphatic carbocycles. The summed E-state index contributed by atoms with van der Waals surface area (Å²) < 4.78 is 0. The Labute approximate surface area is 92.5 Å². The lowest BCUT2D eigenvalue weighted by Crippen LogP contribution is -2.06. The van der Waals surface area contributed by atoms with Crippen LogP contribution < -0.4 is 0 Å². The molecule has 1 N–H and O–H groups in total. The molecule has 15 heavy (non-hydrogen) atoms. The van der Waals surface area contributed by atoms with Gasteiger partial charge in [0.2, 0.25) is 0 Å². The van der Waals surface area contributed by atoms with Gasteiger partial charge in [0.1, 0.15) is 0 Å². The number of H-pyrrole nitrogens is 1. The van der Waals surface area contributed by atoms with Gasteiger partial charge in [-0.3, -0.25) is 5.10 Å². The highest BCUT2D eigenvalue weighted by Crippen LogP contribution is 2.31. The average Bonchev–Trinajstić information content (AvgIpc) is 2.70. The smallest absolute Gasteiger partial charge is 0.0687 e. The Kier molecular flexibility index (Phi) is 3.45. The molecule has 1 atom stereocenters. The van der Waals surface area contributed by atoms with E-state index in [1.165, 1.54) is 56.3 Å². The Balaban J connectivity index is 2.22. The molecule has 1 aromatic heterocycles. The topological polar surface area (TPSA) is 28.7 Å². The van der Waals surface area contributed by atoms with Gasteiger partial charge >= 0.3 is 0 Å². The second kappa shape index (κ2) is 4.82. The van der Waals surface area contributed by atoms with Gasteiger partial charge in [-0.25, -0.2) is 0 Å². The molecular formula is C13H22N2. The fourth-order valence-corrected chi connectivity index (χ4v) is 2.73. The molecule has 0 saturated carbocycles. The monoisotopic (exact) mass is 206 g/mol. The van der Waals surface area contributed by atoms with Crippen molar-refractivity contribution in [3.8, 4) is 0 Å². The highest BCUT2D eigenvalue weighted by atomic mass is 15.1. The van der Waals surface area contributed by atoms with E-state index in [2.05, 4.69) is 24.0 Å². The lowest BCUT2D eigenvalue weighted by Gasteiger charge is -2.16. The molecule has 84 valence electrons. The van der Waals surface area contributed by atoms with Gasteiger partial charge < -0.3 is 0 Å². The summed E-state index contributed by atoms with van der Waals surface area (Å²) in [6, 6.07) is 0. The van der Waals surface area contributed by atoms with E-state index in [1.807, 2.05) is 0 Å². The average molecular weight is 206 g/mol. The van der Waals surface area contributed by atoms with Crippen LogP contribution >= 0.6 is 0 Å². The van der Waals surface area contributed by atoms with E-state index in [4.69, 9.17) is 0 Å². The molecule has 0 aromatic carbocycles. The molecule has 0 fully saturated rings. The van der Waals surface area contributed by atoms with E-state index >= 15 is 0 Å². The first kappa shape index (κ1) is 10.7. The summed E-state index contributed by atoms with van der Waals surface area (Å²) in [5, 5.41) is 7.81. The predicted molar refractivity (Wildman–Crippen MR) is 63.2 cm³/mol. The maximum atomic E-state index is 4.56. The second-order valence-corrected chi connectivity index (χ2v) is 4.67. The summed E-state index contributed by atoms with van der Waals surface area (Å²) in [6.07, 6.45) is 8.92. The van der Waals surface area contributed by atoms with E-state index in [0.29, 0.717) is 5.92 Å². The zero-order chi connectivity index (χ0) is 10.7. The highest BCUT2D eigenvalue weighted by molar-refractivity contribution is 5.30. The minimum absolute atomic E-state index is 0.688. The number of fused-ring (bicyclic) bond motifs is 1. The lowest BCUT2D eigenvalue weighted by molar-refractivity contribution is 0.571. The maximum Gasteiger partial charge on any atom is 0.0687 e. The highest BCUT2D eigenvalue weighted by Gasteiger charge is 2.21. The van der Waals surface area contributed by atoms with Crippen molar-refractivity contribution in [2.45, 2.75) is 64.7 Å². The van der Waals surface area contributed by atoms with Crippen molar-refractivity contribution < 1.29 is 0 Å². The SMILES string of the molecule is CCCC(CC)c1n[nH]c2c1CCCC2. The second-order valence-electron chi connectivity index (χ2n) is 4.67. The van der Waals surface area contributed by atoms with Gasteiger partial charge in [0, 0.05) is 11.6 Å². The molecular weight excluding hydrogens is 184 g/mol. The first-order chi connectivity index (χ1) is 7.36.